The Balaban J connectivity index is 1.81. The third-order valence-corrected chi connectivity index (χ3v) is 3.43. The molecule has 3 rings (SSSR count). The first-order chi connectivity index (χ1) is 10.1. The molecule has 21 heavy (non-hydrogen) atoms. The highest BCUT2D eigenvalue weighted by atomic mass is 19.1. The van der Waals surface area contributed by atoms with Gasteiger partial charge in [0.05, 0.1) is 5.56 Å². The average Bonchev–Trinajstić information content (AvgIpc) is 2.92. The van der Waals surface area contributed by atoms with Gasteiger partial charge in [-0.3, -0.25) is 0 Å². The highest BCUT2D eigenvalue weighted by molar-refractivity contribution is 6.04. The summed E-state index contributed by atoms with van der Waals surface area (Å²) < 4.78 is 18.3. The lowest BCUT2D eigenvalue weighted by molar-refractivity contribution is 0.0340. The first-order valence-electron chi connectivity index (χ1n) is 6.68. The Morgan fingerprint density at radius 2 is 1.86 bits per heavy atom. The SMILES string of the molecule is CC(OC(=O)c1c[nH]c2ccccc12)c1ccc(F)cc1. The van der Waals surface area contributed by atoms with Gasteiger partial charge in [-0.1, -0.05) is 30.3 Å². The molecule has 2 aromatic carbocycles. The van der Waals surface area contributed by atoms with Crippen molar-refractivity contribution in [2.75, 3.05) is 0 Å². The van der Waals surface area contributed by atoms with Crippen LogP contribution in [-0.4, -0.2) is 11.0 Å². The van der Waals surface area contributed by atoms with E-state index in [0.717, 1.165) is 16.5 Å². The van der Waals surface area contributed by atoms with Gasteiger partial charge in [0.2, 0.25) is 0 Å². The molecular weight excluding hydrogens is 269 g/mol. The fourth-order valence-electron chi connectivity index (χ4n) is 2.27. The molecule has 0 fully saturated rings. The number of hydrogen-bond donors (Lipinski definition) is 1. The van der Waals surface area contributed by atoms with Crippen molar-refractivity contribution < 1.29 is 13.9 Å². The number of halogens is 1. The van der Waals surface area contributed by atoms with Gasteiger partial charge >= 0.3 is 5.97 Å². The fraction of sp³-hybridized carbons (Fsp3) is 0.118. The molecule has 1 heterocycles. The molecule has 1 unspecified atom stereocenters. The number of carbonyl (C=O) groups excluding carboxylic acids is 1. The van der Waals surface area contributed by atoms with Gasteiger partial charge in [0.25, 0.3) is 0 Å². The molecule has 0 amide bonds. The average molecular weight is 283 g/mol. The summed E-state index contributed by atoms with van der Waals surface area (Å²) in [5.74, 6) is -0.710. The predicted molar refractivity (Wildman–Crippen MR) is 78.5 cm³/mol. The smallest absolute Gasteiger partial charge is 0.340 e. The summed E-state index contributed by atoms with van der Waals surface area (Å²) >= 11 is 0. The third-order valence-electron chi connectivity index (χ3n) is 3.43. The third kappa shape index (κ3) is 2.65. The number of nitrogens with one attached hydrogen (secondary N) is 1. The van der Waals surface area contributed by atoms with E-state index in [9.17, 15) is 9.18 Å². The Morgan fingerprint density at radius 1 is 1.14 bits per heavy atom. The van der Waals surface area contributed by atoms with Gasteiger partial charge in [-0.05, 0) is 30.7 Å². The largest absolute Gasteiger partial charge is 0.454 e. The predicted octanol–water partition coefficient (Wildman–Crippen LogP) is 4.23. The van der Waals surface area contributed by atoms with Crippen LogP contribution in [0.1, 0.15) is 28.9 Å². The number of H-pyrrole nitrogens is 1. The minimum absolute atomic E-state index is 0.311. The minimum atomic E-state index is -0.438. The van der Waals surface area contributed by atoms with Gasteiger partial charge in [-0.2, -0.15) is 0 Å². The number of para-hydroxylation sites is 1. The molecule has 1 N–H and O–H groups in total. The number of carbonyl (C=O) groups is 1. The zero-order valence-corrected chi connectivity index (χ0v) is 11.5. The lowest BCUT2D eigenvalue weighted by Gasteiger charge is -2.13. The highest BCUT2D eigenvalue weighted by Gasteiger charge is 2.17. The van der Waals surface area contributed by atoms with Crippen molar-refractivity contribution in [3.05, 3.63) is 71.7 Å². The monoisotopic (exact) mass is 283 g/mol. The van der Waals surface area contributed by atoms with Gasteiger partial charge in [0.15, 0.2) is 0 Å². The number of benzene rings is 2. The summed E-state index contributed by atoms with van der Waals surface area (Å²) in [6.07, 6.45) is 1.21. The van der Waals surface area contributed by atoms with E-state index in [-0.39, 0.29) is 5.82 Å². The number of hydrogen-bond acceptors (Lipinski definition) is 2. The summed E-state index contributed by atoms with van der Waals surface area (Å²) in [4.78, 5) is 15.3. The maximum atomic E-state index is 12.9. The molecule has 1 aromatic heterocycles. The van der Waals surface area contributed by atoms with E-state index in [1.807, 2.05) is 24.3 Å². The van der Waals surface area contributed by atoms with E-state index >= 15 is 0 Å². The van der Waals surface area contributed by atoms with Crippen molar-refractivity contribution in [1.82, 2.24) is 4.98 Å². The molecule has 3 aromatic rings. The molecule has 1 atom stereocenters. The normalized spacial score (nSPS) is 12.3. The number of rotatable bonds is 3. The van der Waals surface area contributed by atoms with Gasteiger partial charge in [0.1, 0.15) is 11.9 Å². The van der Waals surface area contributed by atoms with E-state index in [4.69, 9.17) is 4.74 Å². The summed E-state index contributed by atoms with van der Waals surface area (Å²) in [6, 6.07) is 13.5. The van der Waals surface area contributed by atoms with Crippen LogP contribution in [0, 0.1) is 5.82 Å². The van der Waals surface area contributed by atoms with Crippen LogP contribution in [0.25, 0.3) is 10.9 Å². The van der Waals surface area contributed by atoms with E-state index in [2.05, 4.69) is 4.98 Å². The van der Waals surface area contributed by atoms with Crippen LogP contribution in [0.15, 0.2) is 54.7 Å². The minimum Gasteiger partial charge on any atom is -0.454 e. The molecule has 0 aliphatic heterocycles. The second-order valence-electron chi connectivity index (χ2n) is 4.85. The lowest BCUT2D eigenvalue weighted by Crippen LogP contribution is -2.08. The molecular formula is C17H14FNO2. The van der Waals surface area contributed by atoms with E-state index in [1.54, 1.807) is 25.3 Å². The zero-order valence-electron chi connectivity index (χ0n) is 11.5. The van der Waals surface area contributed by atoms with Crippen molar-refractivity contribution in [1.29, 1.82) is 0 Å². The van der Waals surface area contributed by atoms with Gasteiger partial charge in [-0.15, -0.1) is 0 Å². The Kier molecular flexibility index (Phi) is 3.44. The molecule has 0 saturated carbocycles. The highest BCUT2D eigenvalue weighted by Crippen LogP contribution is 2.23. The molecule has 0 bridgehead atoms. The van der Waals surface area contributed by atoms with Crippen molar-refractivity contribution >= 4 is 16.9 Å². The quantitative estimate of drug-likeness (QED) is 0.731. The molecule has 0 radical (unpaired) electrons. The van der Waals surface area contributed by atoms with E-state index < -0.39 is 12.1 Å². The number of aromatic nitrogens is 1. The Bertz CT molecular complexity index is 777. The maximum absolute atomic E-state index is 12.9. The zero-order chi connectivity index (χ0) is 14.8. The molecule has 0 saturated heterocycles. The van der Waals surface area contributed by atoms with Crippen LogP contribution in [-0.2, 0) is 4.74 Å². The summed E-state index contributed by atoms with van der Waals surface area (Å²) in [5, 5.41) is 0.828. The van der Waals surface area contributed by atoms with Crippen molar-refractivity contribution in [2.45, 2.75) is 13.0 Å². The van der Waals surface area contributed by atoms with Crippen LogP contribution < -0.4 is 0 Å². The molecule has 106 valence electrons. The van der Waals surface area contributed by atoms with Crippen molar-refractivity contribution in [2.24, 2.45) is 0 Å². The van der Waals surface area contributed by atoms with E-state index in [0.29, 0.717) is 5.56 Å². The van der Waals surface area contributed by atoms with Crippen LogP contribution in [0.4, 0.5) is 4.39 Å². The van der Waals surface area contributed by atoms with Crippen molar-refractivity contribution in [3.63, 3.8) is 0 Å². The van der Waals surface area contributed by atoms with Gasteiger partial charge in [-0.25, -0.2) is 9.18 Å². The van der Waals surface area contributed by atoms with Gasteiger partial charge in [0, 0.05) is 17.1 Å². The number of fused-ring (bicyclic) bond motifs is 1. The van der Waals surface area contributed by atoms with E-state index in [1.165, 1.54) is 12.1 Å². The molecule has 0 aliphatic carbocycles. The second-order valence-corrected chi connectivity index (χ2v) is 4.85. The summed E-state index contributed by atoms with van der Waals surface area (Å²) in [6.45, 7) is 1.76. The summed E-state index contributed by atoms with van der Waals surface area (Å²) in [7, 11) is 0. The molecule has 3 nitrogen and oxygen atoms in total. The number of ether oxygens (including phenoxy) is 1. The molecule has 0 aliphatic rings. The van der Waals surface area contributed by atoms with Crippen molar-refractivity contribution in [3.8, 4) is 0 Å². The Morgan fingerprint density at radius 3 is 2.62 bits per heavy atom. The topological polar surface area (TPSA) is 42.1 Å². The maximum Gasteiger partial charge on any atom is 0.340 e. The number of esters is 1. The second kappa shape index (κ2) is 5.40. The fourth-order valence-corrected chi connectivity index (χ4v) is 2.27. The Hall–Kier alpha value is -2.62. The van der Waals surface area contributed by atoms with Crippen LogP contribution in [0.2, 0.25) is 0 Å². The molecule has 0 spiro atoms. The van der Waals surface area contributed by atoms with Crippen LogP contribution >= 0.6 is 0 Å². The number of aromatic amines is 1. The first kappa shape index (κ1) is 13.4. The lowest BCUT2D eigenvalue weighted by atomic mass is 10.1. The standard InChI is InChI=1S/C17H14FNO2/c1-11(12-6-8-13(18)9-7-12)21-17(20)15-10-19-16-5-3-2-4-14(15)16/h2-11,19H,1H3. The van der Waals surface area contributed by atoms with Crippen LogP contribution in [0.3, 0.4) is 0 Å². The molecule has 4 heteroatoms. The van der Waals surface area contributed by atoms with Gasteiger partial charge < -0.3 is 9.72 Å². The van der Waals surface area contributed by atoms with Crippen LogP contribution in [0.5, 0.6) is 0 Å². The summed E-state index contributed by atoms with van der Waals surface area (Å²) in [5.41, 5.74) is 2.14. The Labute approximate surface area is 121 Å². The first-order valence-corrected chi connectivity index (χ1v) is 6.68.